The highest BCUT2D eigenvalue weighted by Gasteiger charge is 2.21. The van der Waals surface area contributed by atoms with Crippen LogP contribution in [-0.4, -0.2) is 49.6 Å². The minimum absolute atomic E-state index is 0.0580. The summed E-state index contributed by atoms with van der Waals surface area (Å²) in [5.74, 6) is -0.397. The second-order valence-corrected chi connectivity index (χ2v) is 4.37. The Bertz CT molecular complexity index is 256. The van der Waals surface area contributed by atoms with Crippen LogP contribution in [0.25, 0.3) is 0 Å². The van der Waals surface area contributed by atoms with Crippen LogP contribution in [0.5, 0.6) is 0 Å². The van der Waals surface area contributed by atoms with Crippen LogP contribution < -0.4 is 5.32 Å². The third-order valence-corrected chi connectivity index (χ3v) is 2.76. The van der Waals surface area contributed by atoms with Crippen LogP contribution in [-0.2, 0) is 14.3 Å². The maximum absolute atomic E-state index is 11.8. The highest BCUT2D eigenvalue weighted by molar-refractivity contribution is 5.82. The molecular formula is C12H24N2O3. The van der Waals surface area contributed by atoms with Crippen molar-refractivity contribution < 1.29 is 14.3 Å². The molecule has 0 spiro atoms. The van der Waals surface area contributed by atoms with Gasteiger partial charge in [-0.1, -0.05) is 13.3 Å². The standard InChI is InChI=1S/C12H24N2O3/c1-6-7-9(2)13-12(16)10(3)14(4)8-11(15)17-5/h9-10H,6-8H2,1-5H3,(H,13,16). The molecule has 0 heterocycles. The van der Waals surface area contributed by atoms with Crippen LogP contribution in [0.3, 0.4) is 0 Å². The Hall–Kier alpha value is -1.10. The number of nitrogens with zero attached hydrogens (tertiary/aromatic N) is 1. The summed E-state index contributed by atoms with van der Waals surface area (Å²) in [5, 5.41) is 2.92. The van der Waals surface area contributed by atoms with E-state index in [1.165, 1.54) is 7.11 Å². The minimum Gasteiger partial charge on any atom is -0.468 e. The molecule has 0 aromatic carbocycles. The van der Waals surface area contributed by atoms with E-state index in [1.54, 1.807) is 18.9 Å². The van der Waals surface area contributed by atoms with Gasteiger partial charge in [-0.15, -0.1) is 0 Å². The molecule has 0 aromatic rings. The van der Waals surface area contributed by atoms with Crippen molar-refractivity contribution in [2.45, 2.75) is 45.7 Å². The topological polar surface area (TPSA) is 58.6 Å². The summed E-state index contributed by atoms with van der Waals surface area (Å²) >= 11 is 0. The number of nitrogens with one attached hydrogen (secondary N) is 1. The van der Waals surface area contributed by atoms with Crippen molar-refractivity contribution in [3.63, 3.8) is 0 Å². The molecule has 0 bridgehead atoms. The third kappa shape index (κ3) is 6.26. The molecule has 5 heteroatoms. The van der Waals surface area contributed by atoms with Gasteiger partial charge in [-0.25, -0.2) is 0 Å². The molecule has 0 saturated carbocycles. The number of amides is 1. The van der Waals surface area contributed by atoms with Gasteiger partial charge in [0.15, 0.2) is 0 Å². The molecule has 0 rings (SSSR count). The number of ether oxygens (including phenoxy) is 1. The van der Waals surface area contributed by atoms with Crippen LogP contribution >= 0.6 is 0 Å². The Morgan fingerprint density at radius 2 is 1.94 bits per heavy atom. The van der Waals surface area contributed by atoms with Crippen LogP contribution in [0.15, 0.2) is 0 Å². The van der Waals surface area contributed by atoms with Crippen molar-refractivity contribution in [1.29, 1.82) is 0 Å². The van der Waals surface area contributed by atoms with Gasteiger partial charge in [-0.3, -0.25) is 14.5 Å². The number of esters is 1. The predicted octanol–water partition coefficient (Wildman–Crippen LogP) is 0.785. The fraction of sp³-hybridized carbons (Fsp3) is 0.833. The molecule has 2 unspecified atom stereocenters. The van der Waals surface area contributed by atoms with E-state index in [0.717, 1.165) is 12.8 Å². The van der Waals surface area contributed by atoms with Gasteiger partial charge in [-0.05, 0) is 27.3 Å². The van der Waals surface area contributed by atoms with E-state index in [2.05, 4.69) is 17.0 Å². The first-order valence-electron chi connectivity index (χ1n) is 5.99. The summed E-state index contributed by atoms with van der Waals surface area (Å²) < 4.78 is 4.56. The SMILES string of the molecule is CCCC(C)NC(=O)C(C)N(C)CC(=O)OC. The highest BCUT2D eigenvalue weighted by atomic mass is 16.5. The quantitative estimate of drug-likeness (QED) is 0.673. The molecule has 100 valence electrons. The summed E-state index contributed by atoms with van der Waals surface area (Å²) in [6.45, 7) is 5.95. The van der Waals surface area contributed by atoms with Crippen molar-refractivity contribution in [3.05, 3.63) is 0 Å². The Labute approximate surface area is 103 Å². The van der Waals surface area contributed by atoms with E-state index in [9.17, 15) is 9.59 Å². The van der Waals surface area contributed by atoms with Crippen LogP contribution in [0.4, 0.5) is 0 Å². The van der Waals surface area contributed by atoms with Crippen molar-refractivity contribution in [2.24, 2.45) is 0 Å². The van der Waals surface area contributed by atoms with E-state index in [4.69, 9.17) is 0 Å². The number of carbonyl (C=O) groups excluding carboxylic acids is 2. The molecular weight excluding hydrogens is 220 g/mol. The molecule has 0 fully saturated rings. The lowest BCUT2D eigenvalue weighted by Crippen LogP contribution is -2.47. The van der Waals surface area contributed by atoms with Gasteiger partial charge in [0.2, 0.25) is 5.91 Å². The molecule has 1 amide bonds. The summed E-state index contributed by atoms with van der Waals surface area (Å²) in [6.07, 6.45) is 1.99. The van der Waals surface area contributed by atoms with Crippen molar-refractivity contribution in [2.75, 3.05) is 20.7 Å². The maximum atomic E-state index is 11.8. The highest BCUT2D eigenvalue weighted by Crippen LogP contribution is 2.00. The zero-order valence-electron chi connectivity index (χ0n) is 11.4. The lowest BCUT2D eigenvalue weighted by atomic mass is 10.2. The average Bonchev–Trinajstić information content (AvgIpc) is 2.27. The number of hydrogen-bond donors (Lipinski definition) is 1. The molecule has 5 nitrogen and oxygen atoms in total. The summed E-state index contributed by atoms with van der Waals surface area (Å²) in [4.78, 5) is 24.6. The maximum Gasteiger partial charge on any atom is 0.319 e. The minimum atomic E-state index is -0.339. The second-order valence-electron chi connectivity index (χ2n) is 4.37. The normalized spacial score (nSPS) is 14.2. The first-order chi connectivity index (χ1) is 7.92. The zero-order chi connectivity index (χ0) is 13.4. The zero-order valence-corrected chi connectivity index (χ0v) is 11.4. The van der Waals surface area contributed by atoms with Crippen molar-refractivity contribution in [1.82, 2.24) is 10.2 Å². The van der Waals surface area contributed by atoms with E-state index >= 15 is 0 Å². The van der Waals surface area contributed by atoms with E-state index in [0.29, 0.717) is 0 Å². The second kappa shape index (κ2) is 8.06. The smallest absolute Gasteiger partial charge is 0.319 e. The first kappa shape index (κ1) is 15.9. The Kier molecular flexibility index (Phi) is 7.54. The first-order valence-corrected chi connectivity index (χ1v) is 5.99. The van der Waals surface area contributed by atoms with Crippen molar-refractivity contribution in [3.8, 4) is 0 Å². The fourth-order valence-corrected chi connectivity index (χ4v) is 1.47. The number of hydrogen-bond acceptors (Lipinski definition) is 4. The molecule has 0 aliphatic heterocycles. The van der Waals surface area contributed by atoms with E-state index in [-0.39, 0.29) is 30.5 Å². The van der Waals surface area contributed by atoms with Gasteiger partial charge < -0.3 is 10.1 Å². The molecule has 0 aliphatic rings. The lowest BCUT2D eigenvalue weighted by molar-refractivity contribution is -0.142. The Morgan fingerprint density at radius 1 is 1.35 bits per heavy atom. The van der Waals surface area contributed by atoms with Crippen LogP contribution in [0.1, 0.15) is 33.6 Å². The number of carbonyl (C=O) groups is 2. The van der Waals surface area contributed by atoms with E-state index in [1.807, 2.05) is 6.92 Å². The lowest BCUT2D eigenvalue weighted by Gasteiger charge is -2.24. The van der Waals surface area contributed by atoms with Gasteiger partial charge in [0.25, 0.3) is 0 Å². The van der Waals surface area contributed by atoms with Crippen LogP contribution in [0.2, 0.25) is 0 Å². The summed E-state index contributed by atoms with van der Waals surface area (Å²) in [7, 11) is 3.07. The average molecular weight is 244 g/mol. The van der Waals surface area contributed by atoms with Gasteiger partial charge >= 0.3 is 5.97 Å². The summed E-state index contributed by atoms with van der Waals surface area (Å²) in [5.41, 5.74) is 0. The molecule has 17 heavy (non-hydrogen) atoms. The molecule has 0 radical (unpaired) electrons. The van der Waals surface area contributed by atoms with Crippen LogP contribution in [0, 0.1) is 0 Å². The fourth-order valence-electron chi connectivity index (χ4n) is 1.47. The number of likely N-dealkylation sites (N-methyl/N-ethyl adjacent to an activating group) is 1. The monoisotopic (exact) mass is 244 g/mol. The number of rotatable bonds is 7. The van der Waals surface area contributed by atoms with Gasteiger partial charge in [-0.2, -0.15) is 0 Å². The summed E-state index contributed by atoms with van der Waals surface area (Å²) in [6, 6.07) is -0.171. The Morgan fingerprint density at radius 3 is 2.41 bits per heavy atom. The van der Waals surface area contributed by atoms with Crippen molar-refractivity contribution >= 4 is 11.9 Å². The largest absolute Gasteiger partial charge is 0.468 e. The van der Waals surface area contributed by atoms with Gasteiger partial charge in [0, 0.05) is 6.04 Å². The number of methoxy groups -OCH3 is 1. The third-order valence-electron chi connectivity index (χ3n) is 2.76. The van der Waals surface area contributed by atoms with Gasteiger partial charge in [0.05, 0.1) is 19.7 Å². The molecule has 0 aromatic heterocycles. The molecule has 0 saturated heterocycles. The molecule has 2 atom stereocenters. The molecule has 0 aliphatic carbocycles. The Balaban J connectivity index is 4.15. The van der Waals surface area contributed by atoms with Gasteiger partial charge in [0.1, 0.15) is 0 Å². The molecule has 1 N–H and O–H groups in total. The van der Waals surface area contributed by atoms with E-state index < -0.39 is 0 Å². The predicted molar refractivity (Wildman–Crippen MR) is 66.6 cm³/mol.